The van der Waals surface area contributed by atoms with E-state index in [4.69, 9.17) is 4.74 Å². The molecule has 1 saturated heterocycles. The fourth-order valence-corrected chi connectivity index (χ4v) is 5.11. The van der Waals surface area contributed by atoms with Gasteiger partial charge in [0.05, 0.1) is 11.1 Å². The molecule has 5 rings (SSSR count). The molecule has 158 valence electrons. The van der Waals surface area contributed by atoms with Crippen molar-refractivity contribution in [1.29, 1.82) is 0 Å². The fraction of sp³-hybridized carbons (Fsp3) is 0.480. The summed E-state index contributed by atoms with van der Waals surface area (Å²) in [5.41, 5.74) is 5.25. The number of carbonyl (C=O) groups excluding carboxylic acids is 1. The number of hydrogen-bond donors (Lipinski definition) is 1. The van der Waals surface area contributed by atoms with Crippen molar-refractivity contribution < 1.29 is 9.53 Å². The van der Waals surface area contributed by atoms with Crippen molar-refractivity contribution in [3.8, 4) is 5.75 Å². The summed E-state index contributed by atoms with van der Waals surface area (Å²) >= 11 is 0. The third-order valence-electron chi connectivity index (χ3n) is 6.89. The third-order valence-corrected chi connectivity index (χ3v) is 6.89. The third kappa shape index (κ3) is 3.40. The van der Waals surface area contributed by atoms with Crippen molar-refractivity contribution in [1.82, 2.24) is 9.80 Å². The summed E-state index contributed by atoms with van der Waals surface area (Å²) in [6.45, 7) is 12.4. The van der Waals surface area contributed by atoms with E-state index in [1.165, 1.54) is 11.1 Å². The van der Waals surface area contributed by atoms with Gasteiger partial charge in [0.15, 0.2) is 0 Å². The lowest BCUT2D eigenvalue weighted by molar-refractivity contribution is -0.119. The molecule has 1 atom stereocenters. The molecule has 0 aliphatic carbocycles. The zero-order valence-corrected chi connectivity index (χ0v) is 18.2. The minimum absolute atomic E-state index is 0.0654. The van der Waals surface area contributed by atoms with Crippen molar-refractivity contribution in [2.24, 2.45) is 0 Å². The Morgan fingerprint density at radius 1 is 1.10 bits per heavy atom. The Balaban J connectivity index is 1.22. The number of anilines is 1. The molecule has 0 saturated carbocycles. The van der Waals surface area contributed by atoms with Gasteiger partial charge in [0.25, 0.3) is 0 Å². The van der Waals surface area contributed by atoms with Crippen LogP contribution in [0.25, 0.3) is 0 Å². The monoisotopic (exact) mass is 405 g/mol. The number of ether oxygens (including phenoxy) is 1. The SMILES string of the molecule is Cc1cc2c(c3c1NC(=O)C3(C)C)OC(CN1CCN(Cc3ccccc3)CC1)C2. The summed E-state index contributed by atoms with van der Waals surface area (Å²) in [5.74, 6) is 1.02. The highest BCUT2D eigenvalue weighted by Crippen LogP contribution is 2.49. The number of rotatable bonds is 4. The molecule has 2 aromatic carbocycles. The molecule has 1 unspecified atom stereocenters. The van der Waals surface area contributed by atoms with E-state index < -0.39 is 5.41 Å². The number of nitrogens with one attached hydrogen (secondary N) is 1. The van der Waals surface area contributed by atoms with E-state index in [1.54, 1.807) is 0 Å². The summed E-state index contributed by atoms with van der Waals surface area (Å²) in [7, 11) is 0. The first-order valence-electron chi connectivity index (χ1n) is 11.1. The van der Waals surface area contributed by atoms with Gasteiger partial charge in [-0.05, 0) is 37.5 Å². The lowest BCUT2D eigenvalue weighted by Gasteiger charge is -2.35. The zero-order valence-electron chi connectivity index (χ0n) is 18.2. The molecule has 5 heteroatoms. The fourth-order valence-electron chi connectivity index (χ4n) is 5.11. The number of piperazine rings is 1. The molecule has 0 aromatic heterocycles. The largest absolute Gasteiger partial charge is 0.488 e. The number of benzene rings is 2. The van der Waals surface area contributed by atoms with Crippen molar-refractivity contribution in [2.45, 2.75) is 45.3 Å². The van der Waals surface area contributed by atoms with Crippen molar-refractivity contribution in [2.75, 3.05) is 38.0 Å². The van der Waals surface area contributed by atoms with Crippen LogP contribution in [0.2, 0.25) is 0 Å². The maximum Gasteiger partial charge on any atom is 0.234 e. The van der Waals surface area contributed by atoms with Crippen LogP contribution >= 0.6 is 0 Å². The molecular weight excluding hydrogens is 374 g/mol. The lowest BCUT2D eigenvalue weighted by atomic mass is 9.83. The van der Waals surface area contributed by atoms with E-state index in [1.807, 2.05) is 13.8 Å². The van der Waals surface area contributed by atoms with E-state index in [2.05, 4.69) is 58.4 Å². The van der Waals surface area contributed by atoms with E-state index in [0.717, 1.165) is 68.3 Å². The van der Waals surface area contributed by atoms with Gasteiger partial charge in [-0.2, -0.15) is 0 Å². The van der Waals surface area contributed by atoms with Crippen LogP contribution in [0.15, 0.2) is 36.4 Å². The van der Waals surface area contributed by atoms with Gasteiger partial charge in [0, 0.05) is 51.3 Å². The standard InChI is InChI=1S/C25H31N3O2/c1-17-13-19-14-20(30-23(19)21-22(17)26-24(29)25(21,2)3)16-28-11-9-27(10-12-28)15-18-7-5-4-6-8-18/h4-8,13,20H,9-12,14-16H2,1-3H3,(H,26,29). The summed E-state index contributed by atoms with van der Waals surface area (Å²) < 4.78 is 6.47. The molecule has 1 fully saturated rings. The van der Waals surface area contributed by atoms with Gasteiger partial charge >= 0.3 is 0 Å². The molecule has 0 bridgehead atoms. The van der Waals surface area contributed by atoms with Crippen LogP contribution in [-0.2, 0) is 23.2 Å². The van der Waals surface area contributed by atoms with E-state index >= 15 is 0 Å². The Kier molecular flexibility index (Phi) is 4.83. The first-order chi connectivity index (χ1) is 14.4. The quantitative estimate of drug-likeness (QED) is 0.847. The maximum atomic E-state index is 12.5. The predicted octanol–water partition coefficient (Wildman–Crippen LogP) is 3.35. The maximum absolute atomic E-state index is 12.5. The number of aryl methyl sites for hydroxylation is 1. The second kappa shape index (κ2) is 7.40. The Hall–Kier alpha value is -2.37. The minimum Gasteiger partial charge on any atom is -0.488 e. The molecule has 30 heavy (non-hydrogen) atoms. The van der Waals surface area contributed by atoms with E-state index in [0.29, 0.717) is 0 Å². The Bertz CT molecular complexity index is 962. The number of fused-ring (bicyclic) bond motifs is 3. The highest BCUT2D eigenvalue weighted by atomic mass is 16.5. The van der Waals surface area contributed by atoms with Gasteiger partial charge in [-0.1, -0.05) is 36.4 Å². The molecule has 0 spiro atoms. The van der Waals surface area contributed by atoms with Gasteiger partial charge in [0.1, 0.15) is 11.9 Å². The summed E-state index contributed by atoms with van der Waals surface area (Å²) in [5, 5.41) is 3.07. The molecule has 5 nitrogen and oxygen atoms in total. The Morgan fingerprint density at radius 2 is 1.80 bits per heavy atom. The molecule has 2 aromatic rings. The number of amides is 1. The van der Waals surface area contributed by atoms with Crippen LogP contribution in [0.3, 0.4) is 0 Å². The number of hydrogen-bond acceptors (Lipinski definition) is 4. The molecular formula is C25H31N3O2. The first-order valence-corrected chi connectivity index (χ1v) is 11.1. The molecule has 3 heterocycles. The normalized spacial score (nSPS) is 23.0. The molecule has 1 amide bonds. The number of carbonyl (C=O) groups is 1. The van der Waals surface area contributed by atoms with Gasteiger partial charge < -0.3 is 10.1 Å². The Labute approximate surface area is 179 Å². The topological polar surface area (TPSA) is 44.8 Å². The van der Waals surface area contributed by atoms with E-state index in [-0.39, 0.29) is 12.0 Å². The molecule has 0 radical (unpaired) electrons. The Morgan fingerprint density at radius 3 is 2.53 bits per heavy atom. The average molecular weight is 406 g/mol. The predicted molar refractivity (Wildman–Crippen MR) is 119 cm³/mol. The molecule has 1 N–H and O–H groups in total. The van der Waals surface area contributed by atoms with Crippen LogP contribution in [0.4, 0.5) is 5.69 Å². The smallest absolute Gasteiger partial charge is 0.234 e. The van der Waals surface area contributed by atoms with Crippen LogP contribution < -0.4 is 10.1 Å². The number of nitrogens with zero attached hydrogens (tertiary/aromatic N) is 2. The lowest BCUT2D eigenvalue weighted by Crippen LogP contribution is -2.48. The van der Waals surface area contributed by atoms with Gasteiger partial charge in [-0.25, -0.2) is 0 Å². The minimum atomic E-state index is -0.538. The van der Waals surface area contributed by atoms with Crippen molar-refractivity contribution >= 4 is 11.6 Å². The highest BCUT2D eigenvalue weighted by Gasteiger charge is 2.44. The van der Waals surface area contributed by atoms with Crippen LogP contribution in [-0.4, -0.2) is 54.5 Å². The van der Waals surface area contributed by atoms with E-state index in [9.17, 15) is 4.79 Å². The van der Waals surface area contributed by atoms with Crippen LogP contribution in [0, 0.1) is 6.92 Å². The summed E-state index contributed by atoms with van der Waals surface area (Å²) in [4.78, 5) is 17.5. The van der Waals surface area contributed by atoms with Crippen molar-refractivity contribution in [3.63, 3.8) is 0 Å². The molecule has 3 aliphatic rings. The zero-order chi connectivity index (χ0) is 20.9. The van der Waals surface area contributed by atoms with Gasteiger partial charge in [-0.15, -0.1) is 0 Å². The second-order valence-corrected chi connectivity index (χ2v) is 9.52. The average Bonchev–Trinajstić information content (AvgIpc) is 3.22. The highest BCUT2D eigenvalue weighted by molar-refractivity contribution is 6.07. The van der Waals surface area contributed by atoms with Gasteiger partial charge in [-0.3, -0.25) is 14.6 Å². The molecule has 3 aliphatic heterocycles. The van der Waals surface area contributed by atoms with Crippen molar-refractivity contribution in [3.05, 3.63) is 58.7 Å². The van der Waals surface area contributed by atoms with Crippen LogP contribution in [0.5, 0.6) is 5.75 Å². The second-order valence-electron chi connectivity index (χ2n) is 9.52. The van der Waals surface area contributed by atoms with Crippen LogP contribution in [0.1, 0.15) is 36.1 Å². The summed E-state index contributed by atoms with van der Waals surface area (Å²) in [6.07, 6.45) is 1.09. The van der Waals surface area contributed by atoms with Gasteiger partial charge in [0.2, 0.25) is 5.91 Å². The first kappa shape index (κ1) is 19.6. The summed E-state index contributed by atoms with van der Waals surface area (Å²) in [6, 6.07) is 12.9.